The Balaban J connectivity index is 1.36. The molecule has 3 heterocycles. The van der Waals surface area contributed by atoms with Crippen LogP contribution in [0, 0.1) is 0 Å². The van der Waals surface area contributed by atoms with E-state index in [0.717, 1.165) is 42.5 Å². The van der Waals surface area contributed by atoms with Gasteiger partial charge in [-0.25, -0.2) is 0 Å². The highest BCUT2D eigenvalue weighted by Gasteiger charge is 2.11. The van der Waals surface area contributed by atoms with E-state index in [2.05, 4.69) is 20.5 Å². The van der Waals surface area contributed by atoms with Crippen LogP contribution in [0.2, 0.25) is 0 Å². The molecule has 8 heteroatoms. The average Bonchev–Trinajstić information content (AvgIpc) is 3.49. The van der Waals surface area contributed by atoms with E-state index in [1.54, 1.807) is 18.5 Å². The minimum atomic E-state index is -0.189. The van der Waals surface area contributed by atoms with Gasteiger partial charge in [-0.3, -0.25) is 9.78 Å². The van der Waals surface area contributed by atoms with Gasteiger partial charge >= 0.3 is 0 Å². The fourth-order valence-corrected chi connectivity index (χ4v) is 3.33. The molecule has 3 aromatic heterocycles. The molecule has 0 radical (unpaired) electrons. The van der Waals surface area contributed by atoms with Gasteiger partial charge in [0.25, 0.3) is 0 Å². The maximum Gasteiger partial charge on any atom is 0.248 e. The Morgan fingerprint density at radius 2 is 2.13 bits per heavy atom. The smallest absolute Gasteiger partial charge is 0.248 e. The highest BCUT2D eigenvalue weighted by atomic mass is 16.4. The molecule has 1 aliphatic rings. The molecule has 31 heavy (non-hydrogen) atoms. The first-order valence-electron chi connectivity index (χ1n) is 10.1. The highest BCUT2D eigenvalue weighted by molar-refractivity contribution is 5.93. The van der Waals surface area contributed by atoms with Crippen LogP contribution in [0.25, 0.3) is 17.4 Å². The van der Waals surface area contributed by atoms with E-state index < -0.39 is 0 Å². The number of hydrogen-bond donors (Lipinski definition) is 2. The summed E-state index contributed by atoms with van der Waals surface area (Å²) >= 11 is 0. The first-order valence-corrected chi connectivity index (χ1v) is 10.1. The third-order valence-corrected chi connectivity index (χ3v) is 4.98. The first-order chi connectivity index (χ1) is 15.2. The Morgan fingerprint density at radius 3 is 2.87 bits per heavy atom. The highest BCUT2D eigenvalue weighted by Crippen LogP contribution is 2.26. The van der Waals surface area contributed by atoms with Gasteiger partial charge < -0.3 is 19.9 Å². The van der Waals surface area contributed by atoms with Gasteiger partial charge in [0, 0.05) is 41.7 Å². The molecule has 0 spiro atoms. The number of pyridine rings is 1. The van der Waals surface area contributed by atoms with E-state index in [1.165, 1.54) is 18.0 Å². The van der Waals surface area contributed by atoms with Crippen molar-refractivity contribution in [2.24, 2.45) is 5.73 Å². The molecule has 0 atom stereocenters. The number of amides is 1. The number of carbonyl (C=O) groups excluding carboxylic acids is 1. The summed E-state index contributed by atoms with van der Waals surface area (Å²) in [6.45, 7) is 0.334. The molecular formula is C23H23N5O3. The second-order valence-corrected chi connectivity index (χ2v) is 7.10. The van der Waals surface area contributed by atoms with Crippen LogP contribution in [0.5, 0.6) is 0 Å². The van der Waals surface area contributed by atoms with Crippen LogP contribution in [-0.4, -0.2) is 21.1 Å². The largest absolute Gasteiger partial charge is 0.460 e. The molecule has 1 aliphatic carbocycles. The maximum atomic E-state index is 12.4. The fourth-order valence-electron chi connectivity index (χ4n) is 3.33. The zero-order valence-corrected chi connectivity index (χ0v) is 17.0. The van der Waals surface area contributed by atoms with Crippen LogP contribution >= 0.6 is 0 Å². The summed E-state index contributed by atoms with van der Waals surface area (Å²) in [7, 11) is 0. The SMILES string of the molecule is NCc1ccc(-c2ccncc2/C=C/C(=O)NC2=CC=C(CCc3nnco3)CC2)o1. The molecule has 4 rings (SSSR count). The summed E-state index contributed by atoms with van der Waals surface area (Å²) < 4.78 is 10.9. The van der Waals surface area contributed by atoms with Gasteiger partial charge in [0.1, 0.15) is 11.5 Å². The number of aromatic nitrogens is 3. The van der Waals surface area contributed by atoms with Crippen LogP contribution in [-0.2, 0) is 17.8 Å². The molecule has 0 bridgehead atoms. The van der Waals surface area contributed by atoms with E-state index in [9.17, 15) is 4.79 Å². The molecule has 1 amide bonds. The Labute approximate surface area is 179 Å². The quantitative estimate of drug-likeness (QED) is 0.538. The fraction of sp³-hybridized carbons (Fsp3) is 0.217. The van der Waals surface area contributed by atoms with Gasteiger partial charge in [-0.1, -0.05) is 11.6 Å². The number of hydrogen-bond acceptors (Lipinski definition) is 7. The summed E-state index contributed by atoms with van der Waals surface area (Å²) in [4.78, 5) is 16.6. The topological polar surface area (TPSA) is 120 Å². The Morgan fingerprint density at radius 1 is 1.19 bits per heavy atom. The number of nitrogens with one attached hydrogen (secondary N) is 1. The Bertz CT molecular complexity index is 1130. The molecule has 0 fully saturated rings. The van der Waals surface area contributed by atoms with E-state index in [4.69, 9.17) is 14.6 Å². The Kier molecular flexibility index (Phi) is 6.49. The minimum absolute atomic E-state index is 0.189. The third kappa shape index (κ3) is 5.43. The van der Waals surface area contributed by atoms with Crippen molar-refractivity contribution in [2.45, 2.75) is 32.2 Å². The van der Waals surface area contributed by atoms with Crippen LogP contribution in [0.4, 0.5) is 0 Å². The van der Waals surface area contributed by atoms with Gasteiger partial charge in [-0.05, 0) is 49.6 Å². The predicted molar refractivity (Wildman–Crippen MR) is 115 cm³/mol. The Hall–Kier alpha value is -3.78. The number of rotatable bonds is 8. The van der Waals surface area contributed by atoms with E-state index in [1.807, 2.05) is 30.4 Å². The van der Waals surface area contributed by atoms with E-state index in [-0.39, 0.29) is 5.91 Å². The number of aryl methyl sites for hydroxylation is 1. The minimum Gasteiger partial charge on any atom is -0.460 e. The monoisotopic (exact) mass is 417 g/mol. The zero-order chi connectivity index (χ0) is 21.5. The molecular weight excluding hydrogens is 394 g/mol. The lowest BCUT2D eigenvalue weighted by Crippen LogP contribution is -2.21. The summed E-state index contributed by atoms with van der Waals surface area (Å²) in [5.74, 6) is 1.84. The number of allylic oxidation sites excluding steroid dienone is 4. The summed E-state index contributed by atoms with van der Waals surface area (Å²) in [6.07, 6.45) is 15.2. The van der Waals surface area contributed by atoms with Crippen molar-refractivity contribution in [3.05, 3.63) is 83.7 Å². The molecule has 158 valence electrons. The molecule has 3 aromatic rings. The first kappa shape index (κ1) is 20.5. The van der Waals surface area contributed by atoms with Crippen molar-refractivity contribution < 1.29 is 13.6 Å². The molecule has 3 N–H and O–H groups in total. The van der Waals surface area contributed by atoms with Crippen molar-refractivity contribution in [3.63, 3.8) is 0 Å². The van der Waals surface area contributed by atoms with Crippen LogP contribution in [0.3, 0.4) is 0 Å². The van der Waals surface area contributed by atoms with Gasteiger partial charge in [0.2, 0.25) is 18.2 Å². The maximum absolute atomic E-state index is 12.4. The lowest BCUT2D eigenvalue weighted by atomic mass is 9.98. The zero-order valence-electron chi connectivity index (χ0n) is 17.0. The molecule has 8 nitrogen and oxygen atoms in total. The van der Waals surface area contributed by atoms with Crippen molar-refractivity contribution in [2.75, 3.05) is 0 Å². The standard InChI is InChI=1S/C23H23N5O3/c24-13-19-7-8-21(31-19)20-11-12-25-14-17(20)4-9-22(29)27-18-5-1-16(2-6-18)3-10-23-28-26-15-30-23/h1,4-5,7-9,11-12,14-15H,2-3,6,10,13,24H2,(H,27,29)/b9-4+. The number of furan rings is 1. The number of nitrogens with zero attached hydrogens (tertiary/aromatic N) is 3. The van der Waals surface area contributed by atoms with E-state index >= 15 is 0 Å². The molecule has 0 saturated heterocycles. The van der Waals surface area contributed by atoms with Crippen LogP contribution in [0.15, 0.2) is 75.3 Å². The molecule has 0 unspecified atom stereocenters. The summed E-state index contributed by atoms with van der Waals surface area (Å²) in [6, 6.07) is 5.56. The van der Waals surface area contributed by atoms with Gasteiger partial charge in [-0.15, -0.1) is 10.2 Å². The van der Waals surface area contributed by atoms with Gasteiger partial charge in [0.05, 0.1) is 6.54 Å². The summed E-state index contributed by atoms with van der Waals surface area (Å²) in [5, 5.41) is 10.5. The van der Waals surface area contributed by atoms with Crippen LogP contribution in [0.1, 0.15) is 36.5 Å². The van der Waals surface area contributed by atoms with E-state index in [0.29, 0.717) is 24.0 Å². The predicted octanol–water partition coefficient (Wildman–Crippen LogP) is 3.55. The lowest BCUT2D eigenvalue weighted by Gasteiger charge is -2.14. The number of nitrogens with two attached hydrogens (primary N) is 1. The average molecular weight is 417 g/mol. The van der Waals surface area contributed by atoms with Gasteiger partial charge in [-0.2, -0.15) is 0 Å². The van der Waals surface area contributed by atoms with Crippen LogP contribution < -0.4 is 11.1 Å². The van der Waals surface area contributed by atoms with Crippen molar-refractivity contribution in [1.29, 1.82) is 0 Å². The van der Waals surface area contributed by atoms with Crippen molar-refractivity contribution in [1.82, 2.24) is 20.5 Å². The van der Waals surface area contributed by atoms with Crippen molar-refractivity contribution >= 4 is 12.0 Å². The molecule has 0 saturated carbocycles. The second-order valence-electron chi connectivity index (χ2n) is 7.10. The second kappa shape index (κ2) is 9.82. The molecule has 0 aromatic carbocycles. The van der Waals surface area contributed by atoms with Gasteiger partial charge in [0.15, 0.2) is 0 Å². The number of carbonyl (C=O) groups is 1. The lowest BCUT2D eigenvalue weighted by molar-refractivity contribution is -0.115. The molecule has 0 aliphatic heterocycles. The normalized spacial score (nSPS) is 13.8. The van der Waals surface area contributed by atoms with Crippen molar-refractivity contribution in [3.8, 4) is 11.3 Å². The summed E-state index contributed by atoms with van der Waals surface area (Å²) in [5.41, 5.74) is 9.45. The third-order valence-electron chi connectivity index (χ3n) is 4.98.